The zero-order chi connectivity index (χ0) is 18.5. The monoisotopic (exact) mass is 361 g/mol. The van der Waals surface area contributed by atoms with Gasteiger partial charge in [0, 0.05) is 5.56 Å². The van der Waals surface area contributed by atoms with Crippen molar-refractivity contribution in [2.75, 3.05) is 6.79 Å². The number of para-hydroxylation sites is 1. The van der Waals surface area contributed by atoms with Gasteiger partial charge in [0.25, 0.3) is 5.91 Å². The van der Waals surface area contributed by atoms with Gasteiger partial charge in [-0.25, -0.2) is 4.68 Å². The van der Waals surface area contributed by atoms with Crippen molar-refractivity contribution in [1.29, 1.82) is 0 Å². The highest BCUT2D eigenvalue weighted by Gasteiger charge is 2.38. The molecule has 2 aliphatic heterocycles. The number of nitrogens with one attached hydrogen (secondary N) is 1. The highest BCUT2D eigenvalue weighted by Crippen LogP contribution is 2.41. The number of amides is 1. The number of benzene rings is 2. The van der Waals surface area contributed by atoms with E-state index in [9.17, 15) is 4.79 Å². The van der Waals surface area contributed by atoms with Crippen molar-refractivity contribution in [3.05, 3.63) is 71.0 Å². The Morgan fingerprint density at radius 2 is 1.89 bits per heavy atom. The number of hydrogen-bond acceptors (Lipinski definition) is 4. The fourth-order valence-corrected chi connectivity index (χ4v) is 3.83. The lowest BCUT2D eigenvalue weighted by Gasteiger charge is -2.18. The molecule has 6 nitrogen and oxygen atoms in total. The third-order valence-electron chi connectivity index (χ3n) is 5.02. The SMILES string of the molecule is CC(C)c1c2c(nn1-c1ccccc1)C(=O)NC2c1ccc2c(c1)OCO2. The average Bonchev–Trinajstić information content (AvgIpc) is 3.36. The van der Waals surface area contributed by atoms with Crippen LogP contribution in [0.2, 0.25) is 0 Å². The molecule has 3 aromatic rings. The van der Waals surface area contributed by atoms with Gasteiger partial charge in [0.05, 0.1) is 17.4 Å². The van der Waals surface area contributed by atoms with Crippen molar-refractivity contribution in [3.8, 4) is 17.2 Å². The Bertz CT molecular complexity index is 1040. The number of aromatic nitrogens is 2. The Morgan fingerprint density at radius 1 is 1.11 bits per heavy atom. The predicted molar refractivity (Wildman–Crippen MR) is 99.5 cm³/mol. The van der Waals surface area contributed by atoms with Gasteiger partial charge in [0.2, 0.25) is 6.79 Å². The smallest absolute Gasteiger partial charge is 0.272 e. The fourth-order valence-electron chi connectivity index (χ4n) is 3.83. The summed E-state index contributed by atoms with van der Waals surface area (Å²) in [5, 5.41) is 7.73. The van der Waals surface area contributed by atoms with Crippen LogP contribution in [0.4, 0.5) is 0 Å². The zero-order valence-corrected chi connectivity index (χ0v) is 15.1. The molecule has 0 radical (unpaired) electrons. The Kier molecular flexibility index (Phi) is 3.47. The van der Waals surface area contributed by atoms with Gasteiger partial charge in [0.15, 0.2) is 17.2 Å². The van der Waals surface area contributed by atoms with Crippen molar-refractivity contribution in [2.24, 2.45) is 0 Å². The molecule has 0 fully saturated rings. The van der Waals surface area contributed by atoms with Gasteiger partial charge >= 0.3 is 0 Å². The van der Waals surface area contributed by atoms with E-state index in [0.29, 0.717) is 11.4 Å². The maximum atomic E-state index is 12.7. The van der Waals surface area contributed by atoms with Crippen molar-refractivity contribution in [2.45, 2.75) is 25.8 Å². The molecule has 1 amide bonds. The second kappa shape index (κ2) is 5.87. The van der Waals surface area contributed by atoms with E-state index in [1.165, 1.54) is 0 Å². The number of hydrogen-bond donors (Lipinski definition) is 1. The van der Waals surface area contributed by atoms with Gasteiger partial charge in [-0.3, -0.25) is 4.79 Å². The number of fused-ring (bicyclic) bond motifs is 2. The Balaban J connectivity index is 1.68. The average molecular weight is 361 g/mol. The molecule has 0 aliphatic carbocycles. The number of carbonyl (C=O) groups is 1. The fraction of sp³-hybridized carbons (Fsp3) is 0.238. The minimum atomic E-state index is -0.253. The number of nitrogens with zero attached hydrogens (tertiary/aromatic N) is 2. The van der Waals surface area contributed by atoms with Gasteiger partial charge in [-0.15, -0.1) is 0 Å². The van der Waals surface area contributed by atoms with Gasteiger partial charge < -0.3 is 14.8 Å². The molecule has 0 saturated heterocycles. The first-order valence-electron chi connectivity index (χ1n) is 9.02. The van der Waals surface area contributed by atoms with Crippen molar-refractivity contribution >= 4 is 5.91 Å². The predicted octanol–water partition coefficient (Wildman–Crippen LogP) is 3.56. The summed E-state index contributed by atoms with van der Waals surface area (Å²) in [7, 11) is 0. The van der Waals surface area contributed by atoms with Crippen LogP contribution in [0, 0.1) is 0 Å². The molecule has 1 aromatic heterocycles. The lowest BCUT2D eigenvalue weighted by atomic mass is 9.95. The first-order valence-corrected chi connectivity index (χ1v) is 9.02. The minimum Gasteiger partial charge on any atom is -0.454 e. The van der Waals surface area contributed by atoms with Crippen molar-refractivity contribution in [3.63, 3.8) is 0 Å². The molecular formula is C21H19N3O3. The molecule has 1 atom stereocenters. The zero-order valence-electron chi connectivity index (χ0n) is 15.1. The molecule has 3 heterocycles. The van der Waals surface area contributed by atoms with E-state index in [1.807, 2.05) is 53.2 Å². The summed E-state index contributed by atoms with van der Waals surface area (Å²) in [5.41, 5.74) is 4.38. The van der Waals surface area contributed by atoms with Gasteiger partial charge in [0.1, 0.15) is 0 Å². The molecule has 5 rings (SSSR count). The van der Waals surface area contributed by atoms with E-state index in [0.717, 1.165) is 28.3 Å². The van der Waals surface area contributed by atoms with Crippen LogP contribution in [-0.2, 0) is 0 Å². The van der Waals surface area contributed by atoms with Crippen LogP contribution in [0.15, 0.2) is 48.5 Å². The minimum absolute atomic E-state index is 0.149. The molecule has 0 spiro atoms. The maximum absolute atomic E-state index is 12.7. The first-order chi connectivity index (χ1) is 13.1. The largest absolute Gasteiger partial charge is 0.454 e. The lowest BCUT2D eigenvalue weighted by molar-refractivity contribution is 0.0955. The van der Waals surface area contributed by atoms with Crippen LogP contribution in [0.5, 0.6) is 11.5 Å². The maximum Gasteiger partial charge on any atom is 0.272 e. The van der Waals surface area contributed by atoms with E-state index >= 15 is 0 Å². The summed E-state index contributed by atoms with van der Waals surface area (Å²) in [6, 6.07) is 15.5. The van der Waals surface area contributed by atoms with Gasteiger partial charge in [-0.2, -0.15) is 5.10 Å². The number of carbonyl (C=O) groups excluding carboxylic acids is 1. The van der Waals surface area contributed by atoms with E-state index in [4.69, 9.17) is 9.47 Å². The summed E-state index contributed by atoms with van der Waals surface area (Å²) >= 11 is 0. The Labute approximate surface area is 156 Å². The summed E-state index contributed by atoms with van der Waals surface area (Å²) < 4.78 is 12.8. The summed E-state index contributed by atoms with van der Waals surface area (Å²) in [5.74, 6) is 1.49. The summed E-state index contributed by atoms with van der Waals surface area (Å²) in [4.78, 5) is 12.7. The third kappa shape index (κ3) is 2.40. The number of ether oxygens (including phenoxy) is 2. The second-order valence-electron chi connectivity index (χ2n) is 7.07. The Morgan fingerprint density at radius 3 is 2.67 bits per heavy atom. The highest BCUT2D eigenvalue weighted by atomic mass is 16.7. The molecule has 136 valence electrons. The van der Waals surface area contributed by atoms with E-state index < -0.39 is 0 Å². The lowest BCUT2D eigenvalue weighted by Crippen LogP contribution is -2.22. The van der Waals surface area contributed by atoms with Crippen LogP contribution in [0.25, 0.3) is 5.69 Å². The molecule has 2 aliphatic rings. The molecule has 0 saturated carbocycles. The quantitative estimate of drug-likeness (QED) is 0.775. The molecule has 27 heavy (non-hydrogen) atoms. The van der Waals surface area contributed by atoms with Crippen molar-refractivity contribution < 1.29 is 14.3 Å². The normalized spacial score (nSPS) is 17.3. The van der Waals surface area contributed by atoms with Gasteiger partial charge in [-0.05, 0) is 35.7 Å². The molecule has 0 bridgehead atoms. The molecule has 1 N–H and O–H groups in total. The van der Waals surface area contributed by atoms with Crippen LogP contribution >= 0.6 is 0 Å². The topological polar surface area (TPSA) is 65.4 Å². The first kappa shape index (κ1) is 15.9. The van der Waals surface area contributed by atoms with E-state index in [-0.39, 0.29) is 24.7 Å². The summed E-state index contributed by atoms with van der Waals surface area (Å²) in [6.07, 6.45) is 0. The van der Waals surface area contributed by atoms with E-state index in [2.05, 4.69) is 24.3 Å². The second-order valence-corrected chi connectivity index (χ2v) is 7.07. The highest BCUT2D eigenvalue weighted by molar-refractivity contribution is 5.98. The number of rotatable bonds is 3. The van der Waals surface area contributed by atoms with Crippen LogP contribution in [0.3, 0.4) is 0 Å². The molecular weight excluding hydrogens is 342 g/mol. The molecule has 6 heteroatoms. The third-order valence-corrected chi connectivity index (χ3v) is 5.02. The van der Waals surface area contributed by atoms with Crippen LogP contribution in [-0.4, -0.2) is 22.5 Å². The standard InChI is InChI=1S/C21H19N3O3/c1-12(2)20-17-18(13-8-9-15-16(10-13)27-11-26-15)22-21(25)19(17)23-24(20)14-6-4-3-5-7-14/h3-10,12,18H,11H2,1-2H3,(H,22,25). The summed E-state index contributed by atoms with van der Waals surface area (Å²) in [6.45, 7) is 4.47. The molecule has 2 aromatic carbocycles. The Hall–Kier alpha value is -3.28. The molecule has 1 unspecified atom stereocenters. The van der Waals surface area contributed by atoms with Crippen molar-refractivity contribution in [1.82, 2.24) is 15.1 Å². The van der Waals surface area contributed by atoms with Crippen LogP contribution in [0.1, 0.15) is 53.1 Å². The van der Waals surface area contributed by atoms with Gasteiger partial charge in [-0.1, -0.05) is 38.1 Å². The van der Waals surface area contributed by atoms with Crippen LogP contribution < -0.4 is 14.8 Å². The van der Waals surface area contributed by atoms with E-state index in [1.54, 1.807) is 0 Å².